The van der Waals surface area contributed by atoms with Crippen LogP contribution in [0.4, 0.5) is 10.7 Å². The molecule has 2 aromatic carbocycles. The van der Waals surface area contributed by atoms with Crippen molar-refractivity contribution in [2.45, 2.75) is 0 Å². The molecule has 2 amide bonds. The third-order valence-corrected chi connectivity index (χ3v) is 4.83. The Labute approximate surface area is 174 Å². The summed E-state index contributed by atoms with van der Waals surface area (Å²) in [4.78, 5) is 35.2. The maximum atomic E-state index is 12.3. The predicted octanol–water partition coefficient (Wildman–Crippen LogP) is 4.33. The number of carbonyl (C=O) groups excluding carboxylic acids is 2. The molecule has 0 aliphatic rings. The molecule has 0 unspecified atom stereocenters. The minimum absolute atomic E-state index is 0.0130. The van der Waals surface area contributed by atoms with Gasteiger partial charge in [0.05, 0.1) is 16.0 Å². The summed E-state index contributed by atoms with van der Waals surface area (Å²) in [5.41, 5.74) is 3.45. The second kappa shape index (κ2) is 9.09. The van der Waals surface area contributed by atoms with Crippen molar-refractivity contribution in [3.8, 4) is 0 Å². The van der Waals surface area contributed by atoms with E-state index >= 15 is 0 Å². The highest BCUT2D eigenvalue weighted by molar-refractivity contribution is 7.16. The summed E-state index contributed by atoms with van der Waals surface area (Å²) in [5, 5.41) is 17.6. The van der Waals surface area contributed by atoms with E-state index in [-0.39, 0.29) is 16.5 Å². The summed E-state index contributed by atoms with van der Waals surface area (Å²) >= 11 is 6.83. The fourth-order valence-electron chi connectivity index (χ4n) is 2.30. The zero-order valence-electron chi connectivity index (χ0n) is 14.7. The molecular weight excluding hydrogens is 416 g/mol. The van der Waals surface area contributed by atoms with E-state index in [1.807, 2.05) is 0 Å². The van der Waals surface area contributed by atoms with Crippen molar-refractivity contribution in [3.05, 3.63) is 91.8 Å². The Morgan fingerprint density at radius 3 is 2.45 bits per heavy atom. The number of hydrogen-bond acceptors (Lipinski definition) is 6. The van der Waals surface area contributed by atoms with Crippen LogP contribution in [0.2, 0.25) is 5.02 Å². The van der Waals surface area contributed by atoms with E-state index in [0.29, 0.717) is 21.2 Å². The van der Waals surface area contributed by atoms with Gasteiger partial charge in [-0.2, -0.15) is 5.10 Å². The van der Waals surface area contributed by atoms with Crippen LogP contribution in [0, 0.1) is 10.1 Å². The fourth-order valence-corrected chi connectivity index (χ4v) is 3.18. The van der Waals surface area contributed by atoms with Crippen molar-refractivity contribution in [1.82, 2.24) is 5.43 Å². The van der Waals surface area contributed by atoms with Crippen LogP contribution in [0.15, 0.2) is 65.8 Å². The number of rotatable bonds is 6. The van der Waals surface area contributed by atoms with Gasteiger partial charge in [-0.05, 0) is 42.5 Å². The summed E-state index contributed by atoms with van der Waals surface area (Å²) in [7, 11) is 0. The molecule has 0 aliphatic carbocycles. The van der Waals surface area contributed by atoms with Gasteiger partial charge in [0.2, 0.25) is 0 Å². The molecule has 0 saturated heterocycles. The zero-order valence-corrected chi connectivity index (χ0v) is 16.2. The molecule has 0 bridgehead atoms. The first kappa shape index (κ1) is 20.2. The Morgan fingerprint density at radius 2 is 1.76 bits per heavy atom. The number of halogens is 1. The molecular formula is C19H13ClN4O4S. The van der Waals surface area contributed by atoms with Crippen molar-refractivity contribution < 1.29 is 14.5 Å². The van der Waals surface area contributed by atoms with Gasteiger partial charge in [-0.3, -0.25) is 19.7 Å². The second-order valence-corrected chi connectivity index (χ2v) is 7.21. The molecule has 1 aromatic heterocycles. The topological polar surface area (TPSA) is 114 Å². The molecule has 3 rings (SSSR count). The molecule has 0 saturated carbocycles. The minimum atomic E-state index is -0.496. The third kappa shape index (κ3) is 5.47. The first-order chi connectivity index (χ1) is 13.9. The molecule has 10 heteroatoms. The molecule has 0 atom stereocenters. The zero-order chi connectivity index (χ0) is 20.8. The van der Waals surface area contributed by atoms with E-state index in [0.717, 1.165) is 11.3 Å². The van der Waals surface area contributed by atoms with Gasteiger partial charge in [0.15, 0.2) is 0 Å². The number of nitro groups is 1. The number of nitrogens with zero attached hydrogens (tertiary/aromatic N) is 2. The molecule has 1 heterocycles. The van der Waals surface area contributed by atoms with Gasteiger partial charge in [-0.25, -0.2) is 5.43 Å². The van der Waals surface area contributed by atoms with Crippen LogP contribution >= 0.6 is 22.9 Å². The van der Waals surface area contributed by atoms with E-state index in [2.05, 4.69) is 15.8 Å². The van der Waals surface area contributed by atoms with E-state index in [1.165, 1.54) is 30.5 Å². The number of carbonyl (C=O) groups is 2. The van der Waals surface area contributed by atoms with Crippen LogP contribution in [-0.2, 0) is 0 Å². The molecule has 29 heavy (non-hydrogen) atoms. The second-order valence-electron chi connectivity index (χ2n) is 5.68. The summed E-state index contributed by atoms with van der Waals surface area (Å²) in [6, 6.07) is 15.7. The number of hydrogen-bond donors (Lipinski definition) is 2. The first-order valence-corrected chi connectivity index (χ1v) is 9.36. The average Bonchev–Trinajstić information content (AvgIpc) is 3.17. The number of benzene rings is 2. The lowest BCUT2D eigenvalue weighted by molar-refractivity contribution is -0.380. The molecule has 0 spiro atoms. The maximum absolute atomic E-state index is 12.3. The Hall–Kier alpha value is -3.56. The summed E-state index contributed by atoms with van der Waals surface area (Å²) < 4.78 is 0. The molecule has 146 valence electrons. The lowest BCUT2D eigenvalue weighted by Crippen LogP contribution is -2.18. The van der Waals surface area contributed by atoms with Gasteiger partial charge >= 0.3 is 5.00 Å². The van der Waals surface area contributed by atoms with E-state index in [9.17, 15) is 19.7 Å². The van der Waals surface area contributed by atoms with Gasteiger partial charge in [-0.1, -0.05) is 35.1 Å². The quantitative estimate of drug-likeness (QED) is 0.345. The number of amides is 2. The highest BCUT2D eigenvalue weighted by Crippen LogP contribution is 2.22. The lowest BCUT2D eigenvalue weighted by atomic mass is 10.1. The molecule has 0 aliphatic heterocycles. The molecule has 2 N–H and O–H groups in total. The summed E-state index contributed by atoms with van der Waals surface area (Å²) in [6.45, 7) is 0. The monoisotopic (exact) mass is 428 g/mol. The van der Waals surface area contributed by atoms with Crippen LogP contribution in [0.25, 0.3) is 0 Å². The summed E-state index contributed by atoms with van der Waals surface area (Å²) in [5.74, 6) is -0.853. The van der Waals surface area contributed by atoms with Crippen molar-refractivity contribution in [2.75, 3.05) is 5.32 Å². The van der Waals surface area contributed by atoms with Crippen molar-refractivity contribution >= 4 is 51.7 Å². The largest absolute Gasteiger partial charge is 0.324 e. The van der Waals surface area contributed by atoms with Crippen molar-refractivity contribution in [1.29, 1.82) is 0 Å². The van der Waals surface area contributed by atoms with Gasteiger partial charge in [0, 0.05) is 27.9 Å². The van der Waals surface area contributed by atoms with Crippen LogP contribution in [0.1, 0.15) is 25.6 Å². The fraction of sp³-hybridized carbons (Fsp3) is 0. The van der Waals surface area contributed by atoms with Gasteiger partial charge < -0.3 is 5.32 Å². The van der Waals surface area contributed by atoms with Crippen LogP contribution in [0.3, 0.4) is 0 Å². The molecule has 0 radical (unpaired) electrons. The number of hydrazone groups is 1. The highest BCUT2D eigenvalue weighted by atomic mass is 35.5. The Bertz CT molecular complexity index is 1110. The first-order valence-electron chi connectivity index (χ1n) is 8.17. The van der Waals surface area contributed by atoms with Crippen LogP contribution < -0.4 is 10.7 Å². The Kier molecular flexibility index (Phi) is 6.32. The van der Waals surface area contributed by atoms with E-state index in [4.69, 9.17) is 11.6 Å². The number of anilines is 1. The molecule has 3 aromatic rings. The van der Waals surface area contributed by atoms with E-state index in [1.54, 1.807) is 36.4 Å². The van der Waals surface area contributed by atoms with Gasteiger partial charge in [0.1, 0.15) is 0 Å². The third-order valence-electron chi connectivity index (χ3n) is 3.62. The standard InChI is InChI=1S/C19H13ClN4O4S/c20-14-5-1-3-12(9-14)18(25)22-15-6-2-4-13(10-15)19(26)23-21-11-16-7-8-17(29-16)24(27)28/h1-11H,(H,22,25)(H,23,26)/b21-11-. The minimum Gasteiger partial charge on any atom is -0.322 e. The van der Waals surface area contributed by atoms with Crippen molar-refractivity contribution in [2.24, 2.45) is 5.10 Å². The number of thiophene rings is 1. The predicted molar refractivity (Wildman–Crippen MR) is 112 cm³/mol. The van der Waals surface area contributed by atoms with Gasteiger partial charge in [0.25, 0.3) is 11.8 Å². The molecule has 8 nitrogen and oxygen atoms in total. The van der Waals surface area contributed by atoms with Crippen molar-refractivity contribution in [3.63, 3.8) is 0 Å². The van der Waals surface area contributed by atoms with Crippen LogP contribution in [0.5, 0.6) is 0 Å². The normalized spacial score (nSPS) is 10.7. The Morgan fingerprint density at radius 1 is 1.03 bits per heavy atom. The van der Waals surface area contributed by atoms with E-state index < -0.39 is 10.8 Å². The molecule has 0 fully saturated rings. The van der Waals surface area contributed by atoms with Gasteiger partial charge in [-0.15, -0.1) is 0 Å². The highest BCUT2D eigenvalue weighted by Gasteiger charge is 2.10. The van der Waals surface area contributed by atoms with Crippen LogP contribution in [-0.4, -0.2) is 23.0 Å². The average molecular weight is 429 g/mol. The number of nitrogens with one attached hydrogen (secondary N) is 2. The Balaban J connectivity index is 1.63. The smallest absolute Gasteiger partial charge is 0.322 e. The maximum Gasteiger partial charge on any atom is 0.324 e. The summed E-state index contributed by atoms with van der Waals surface area (Å²) in [6.07, 6.45) is 1.32. The SMILES string of the molecule is O=C(N/N=C\c1ccc([N+](=O)[O-])s1)c1cccc(NC(=O)c2cccc(Cl)c2)c1. The lowest BCUT2D eigenvalue weighted by Gasteiger charge is -2.07.